The lowest BCUT2D eigenvalue weighted by atomic mass is 9.95. The van der Waals surface area contributed by atoms with Crippen molar-refractivity contribution in [2.45, 2.75) is 33.1 Å². The van der Waals surface area contributed by atoms with Crippen LogP contribution in [0.4, 0.5) is 5.69 Å². The molecule has 120 valence electrons. The minimum absolute atomic E-state index is 0.142. The Balaban J connectivity index is 1.99. The van der Waals surface area contributed by atoms with Crippen LogP contribution in [0, 0.1) is 13.8 Å². The molecule has 1 aromatic rings. The van der Waals surface area contributed by atoms with E-state index in [4.69, 9.17) is 0 Å². The van der Waals surface area contributed by atoms with Crippen molar-refractivity contribution in [3.63, 3.8) is 0 Å². The molecule has 0 saturated heterocycles. The van der Waals surface area contributed by atoms with Crippen LogP contribution >= 0.6 is 11.8 Å². The van der Waals surface area contributed by atoms with Gasteiger partial charge in [0, 0.05) is 24.4 Å². The number of carbonyl (C=O) groups is 2. The average molecular weight is 321 g/mol. The molecular formula is C17H23NO3S. The minimum Gasteiger partial charge on any atom is -0.468 e. The van der Waals surface area contributed by atoms with Crippen LogP contribution in [-0.4, -0.2) is 37.0 Å². The fraction of sp³-hybridized carbons (Fsp3) is 0.529. The molecule has 1 aliphatic rings. The number of aryl methyl sites for hydroxylation is 2. The van der Waals surface area contributed by atoms with Gasteiger partial charge < -0.3 is 9.64 Å². The number of benzene rings is 1. The Morgan fingerprint density at radius 2 is 2.09 bits per heavy atom. The van der Waals surface area contributed by atoms with Crippen molar-refractivity contribution in [3.05, 3.63) is 28.8 Å². The summed E-state index contributed by atoms with van der Waals surface area (Å²) in [5.74, 6) is 0.846. The summed E-state index contributed by atoms with van der Waals surface area (Å²) in [5, 5.41) is 0. The van der Waals surface area contributed by atoms with E-state index in [1.54, 1.807) is 0 Å². The van der Waals surface area contributed by atoms with Gasteiger partial charge in [0.25, 0.3) is 0 Å². The second kappa shape index (κ2) is 7.68. The number of thioether (sulfide) groups is 1. The van der Waals surface area contributed by atoms with Gasteiger partial charge in [-0.1, -0.05) is 6.07 Å². The summed E-state index contributed by atoms with van der Waals surface area (Å²) in [7, 11) is 1.38. The Kier molecular flexibility index (Phi) is 5.89. The lowest BCUT2D eigenvalue weighted by molar-refractivity contribution is -0.137. The second-order valence-corrected chi connectivity index (χ2v) is 6.71. The summed E-state index contributed by atoms with van der Waals surface area (Å²) < 4.78 is 4.59. The summed E-state index contributed by atoms with van der Waals surface area (Å²) in [6.07, 6.45) is 2.51. The molecule has 0 fully saturated rings. The highest BCUT2D eigenvalue weighted by Gasteiger charge is 2.23. The Morgan fingerprint density at radius 1 is 1.32 bits per heavy atom. The van der Waals surface area contributed by atoms with Gasteiger partial charge in [-0.05, 0) is 49.4 Å². The fourth-order valence-electron chi connectivity index (χ4n) is 2.84. The van der Waals surface area contributed by atoms with Gasteiger partial charge in [-0.15, -0.1) is 11.8 Å². The quantitative estimate of drug-likeness (QED) is 0.618. The number of anilines is 1. The molecule has 0 radical (unpaired) electrons. The number of ether oxygens (including phenoxy) is 1. The van der Waals surface area contributed by atoms with E-state index in [1.807, 2.05) is 4.90 Å². The Bertz CT molecular complexity index is 571. The zero-order valence-corrected chi connectivity index (χ0v) is 14.3. The van der Waals surface area contributed by atoms with Gasteiger partial charge in [-0.25, -0.2) is 0 Å². The largest absolute Gasteiger partial charge is 0.468 e. The van der Waals surface area contributed by atoms with E-state index in [1.165, 1.54) is 35.6 Å². The standard InChI is InChI=1S/C17H23NO3S/c1-12-9-13(2)14-5-4-7-18(15(14)10-12)16(19)6-8-22-11-17(20)21-3/h9-10H,4-8,11H2,1-3H3. The molecule has 1 amide bonds. The maximum absolute atomic E-state index is 12.5. The third kappa shape index (κ3) is 4.03. The van der Waals surface area contributed by atoms with Crippen LogP contribution in [-0.2, 0) is 20.7 Å². The van der Waals surface area contributed by atoms with Gasteiger partial charge in [-0.3, -0.25) is 9.59 Å². The lowest BCUT2D eigenvalue weighted by Gasteiger charge is -2.31. The van der Waals surface area contributed by atoms with Gasteiger partial charge in [0.1, 0.15) is 0 Å². The Hall–Kier alpha value is -1.49. The predicted octanol–water partition coefficient (Wildman–Crippen LogP) is 2.88. The van der Waals surface area contributed by atoms with E-state index >= 15 is 0 Å². The van der Waals surface area contributed by atoms with Crippen molar-refractivity contribution in [2.24, 2.45) is 0 Å². The predicted molar refractivity (Wildman–Crippen MR) is 90.5 cm³/mol. The van der Waals surface area contributed by atoms with Crippen LogP contribution < -0.4 is 4.90 Å². The van der Waals surface area contributed by atoms with Crippen molar-refractivity contribution >= 4 is 29.3 Å². The Morgan fingerprint density at radius 3 is 2.82 bits per heavy atom. The summed E-state index contributed by atoms with van der Waals surface area (Å²) >= 11 is 1.44. The topological polar surface area (TPSA) is 46.6 Å². The smallest absolute Gasteiger partial charge is 0.315 e. The Labute approximate surface area is 136 Å². The summed E-state index contributed by atoms with van der Waals surface area (Å²) in [6.45, 7) is 4.97. The van der Waals surface area contributed by atoms with E-state index in [-0.39, 0.29) is 11.9 Å². The molecule has 1 aliphatic heterocycles. The number of carbonyl (C=O) groups excluding carboxylic acids is 2. The molecule has 1 heterocycles. The maximum atomic E-state index is 12.5. The monoisotopic (exact) mass is 321 g/mol. The van der Waals surface area contributed by atoms with E-state index < -0.39 is 0 Å². The minimum atomic E-state index is -0.244. The van der Waals surface area contributed by atoms with Crippen LogP contribution in [0.15, 0.2) is 12.1 Å². The maximum Gasteiger partial charge on any atom is 0.315 e. The molecule has 0 aliphatic carbocycles. The van der Waals surface area contributed by atoms with Crippen LogP contribution in [0.25, 0.3) is 0 Å². The third-order valence-corrected chi connectivity index (χ3v) is 4.83. The molecule has 0 N–H and O–H groups in total. The zero-order valence-electron chi connectivity index (χ0n) is 13.5. The first kappa shape index (κ1) is 16.9. The molecule has 0 unspecified atom stereocenters. The molecule has 5 heteroatoms. The van der Waals surface area contributed by atoms with Gasteiger partial charge in [0.2, 0.25) is 5.91 Å². The van der Waals surface area contributed by atoms with Crippen LogP contribution in [0.3, 0.4) is 0 Å². The number of rotatable bonds is 5. The molecule has 0 bridgehead atoms. The average Bonchev–Trinajstić information content (AvgIpc) is 2.50. The van der Waals surface area contributed by atoms with Crippen LogP contribution in [0.1, 0.15) is 29.5 Å². The first-order valence-corrected chi connectivity index (χ1v) is 8.73. The molecule has 4 nitrogen and oxygen atoms in total. The highest BCUT2D eigenvalue weighted by molar-refractivity contribution is 7.99. The molecule has 1 aromatic carbocycles. The molecule has 22 heavy (non-hydrogen) atoms. The molecule has 2 rings (SSSR count). The van der Waals surface area contributed by atoms with Gasteiger partial charge >= 0.3 is 5.97 Å². The van der Waals surface area contributed by atoms with Gasteiger partial charge in [0.15, 0.2) is 0 Å². The lowest BCUT2D eigenvalue weighted by Crippen LogP contribution is -2.36. The number of hydrogen-bond donors (Lipinski definition) is 0. The number of methoxy groups -OCH3 is 1. The first-order valence-electron chi connectivity index (χ1n) is 7.58. The zero-order chi connectivity index (χ0) is 16.1. The van der Waals surface area contributed by atoms with Crippen LogP contribution in [0.5, 0.6) is 0 Å². The van der Waals surface area contributed by atoms with Crippen molar-refractivity contribution < 1.29 is 14.3 Å². The number of nitrogens with zero attached hydrogens (tertiary/aromatic N) is 1. The third-order valence-electron chi connectivity index (χ3n) is 3.90. The number of amides is 1. The van der Waals surface area contributed by atoms with Crippen molar-refractivity contribution in [2.75, 3.05) is 30.1 Å². The SMILES string of the molecule is COC(=O)CSCCC(=O)N1CCCc2c(C)cc(C)cc21. The molecule has 0 saturated carbocycles. The van der Waals surface area contributed by atoms with Gasteiger partial charge in [0.05, 0.1) is 12.9 Å². The number of hydrogen-bond acceptors (Lipinski definition) is 4. The second-order valence-electron chi connectivity index (χ2n) is 5.61. The first-order chi connectivity index (χ1) is 10.5. The van der Waals surface area contributed by atoms with E-state index in [9.17, 15) is 9.59 Å². The highest BCUT2D eigenvalue weighted by atomic mass is 32.2. The van der Waals surface area contributed by atoms with E-state index in [2.05, 4.69) is 30.7 Å². The van der Waals surface area contributed by atoms with E-state index in [0.717, 1.165) is 25.1 Å². The van der Waals surface area contributed by atoms with E-state index in [0.29, 0.717) is 17.9 Å². The normalized spacial score (nSPS) is 13.7. The summed E-state index contributed by atoms with van der Waals surface area (Å²) in [5.41, 5.74) is 4.84. The summed E-state index contributed by atoms with van der Waals surface area (Å²) in [4.78, 5) is 25.5. The van der Waals surface area contributed by atoms with Crippen molar-refractivity contribution in [3.8, 4) is 0 Å². The van der Waals surface area contributed by atoms with Crippen molar-refractivity contribution in [1.82, 2.24) is 0 Å². The molecular weight excluding hydrogens is 298 g/mol. The number of fused-ring (bicyclic) bond motifs is 1. The van der Waals surface area contributed by atoms with Crippen molar-refractivity contribution in [1.29, 1.82) is 0 Å². The molecule has 0 aromatic heterocycles. The number of esters is 1. The molecule has 0 spiro atoms. The van der Waals surface area contributed by atoms with Crippen LogP contribution in [0.2, 0.25) is 0 Å². The highest BCUT2D eigenvalue weighted by Crippen LogP contribution is 2.31. The summed E-state index contributed by atoms with van der Waals surface area (Å²) in [6, 6.07) is 4.29. The fourth-order valence-corrected chi connectivity index (χ4v) is 3.59. The van der Waals surface area contributed by atoms with Gasteiger partial charge in [-0.2, -0.15) is 0 Å². The molecule has 0 atom stereocenters.